The lowest BCUT2D eigenvalue weighted by molar-refractivity contribution is -0.137. The highest BCUT2D eigenvalue weighted by atomic mass is 127. The number of hydrogen-bond acceptors (Lipinski definition) is 6. The number of alkyl halides is 3. The van der Waals surface area contributed by atoms with E-state index in [1.54, 1.807) is 27.1 Å². The van der Waals surface area contributed by atoms with E-state index in [0.717, 1.165) is 41.1 Å². The van der Waals surface area contributed by atoms with Gasteiger partial charge in [0, 0.05) is 18.5 Å². The van der Waals surface area contributed by atoms with Gasteiger partial charge in [0.05, 0.1) is 32.2 Å². The van der Waals surface area contributed by atoms with Crippen molar-refractivity contribution >= 4 is 47.3 Å². The largest absolute Gasteiger partial charge is 0.416 e. The van der Waals surface area contributed by atoms with E-state index in [9.17, 15) is 31.1 Å². The molecular formula is C26H21F4IN4O4S. The first kappa shape index (κ1) is 27.2. The summed E-state index contributed by atoms with van der Waals surface area (Å²) in [6.45, 7) is -0.0959. The zero-order chi connectivity index (χ0) is 28.3. The summed E-state index contributed by atoms with van der Waals surface area (Å²) in [5.41, 5.74) is 0.775. The van der Waals surface area contributed by atoms with Gasteiger partial charge in [0.25, 0.3) is 0 Å². The third-order valence-electron chi connectivity index (χ3n) is 7.42. The molecule has 2 aliphatic heterocycles. The van der Waals surface area contributed by atoms with E-state index in [2.05, 4.69) is 10.1 Å². The summed E-state index contributed by atoms with van der Waals surface area (Å²) in [5.74, 6) is -0.272. The van der Waals surface area contributed by atoms with Gasteiger partial charge in [-0.2, -0.15) is 22.6 Å². The minimum Gasteiger partial charge on any atom is -0.416 e. The molecule has 0 bridgehead atoms. The SMILES string of the molecule is O=S(=O)(c1ccc(C(F)(F)F)cc1)N1CCC2=Cc3c(cnn3-c3ccc(F)cc3)C[C@]2(C(O)C2=NC=IO2)C1. The van der Waals surface area contributed by atoms with Crippen molar-refractivity contribution in [2.24, 2.45) is 10.4 Å². The van der Waals surface area contributed by atoms with Crippen molar-refractivity contribution in [1.29, 1.82) is 0 Å². The molecule has 0 saturated carbocycles. The molecule has 0 spiro atoms. The zero-order valence-corrected chi connectivity index (χ0v) is 23.5. The van der Waals surface area contributed by atoms with Crippen LogP contribution < -0.4 is 0 Å². The summed E-state index contributed by atoms with van der Waals surface area (Å²) in [7, 11) is -4.20. The second kappa shape index (κ2) is 9.85. The van der Waals surface area contributed by atoms with Crippen LogP contribution in [0.1, 0.15) is 23.2 Å². The van der Waals surface area contributed by atoms with E-state index >= 15 is 0 Å². The van der Waals surface area contributed by atoms with Crippen molar-refractivity contribution in [2.45, 2.75) is 30.0 Å². The molecule has 6 rings (SSSR count). The number of piperidine rings is 1. The van der Waals surface area contributed by atoms with Crippen LogP contribution >= 0.6 is 21.1 Å². The van der Waals surface area contributed by atoms with Crippen LogP contribution in [0.25, 0.3) is 11.8 Å². The number of benzene rings is 2. The molecule has 210 valence electrons. The monoisotopic (exact) mass is 688 g/mol. The molecule has 0 amide bonds. The summed E-state index contributed by atoms with van der Waals surface area (Å²) in [5, 5.41) is 16.1. The minimum atomic E-state index is -4.60. The van der Waals surface area contributed by atoms with E-state index in [0.29, 0.717) is 5.69 Å². The van der Waals surface area contributed by atoms with Crippen LogP contribution in [0.3, 0.4) is 0 Å². The van der Waals surface area contributed by atoms with Gasteiger partial charge in [0.1, 0.15) is 33.1 Å². The minimum absolute atomic E-state index is 0.0517. The number of fused-ring (bicyclic) bond motifs is 2. The van der Waals surface area contributed by atoms with Gasteiger partial charge in [-0.3, -0.25) is 0 Å². The Morgan fingerprint density at radius 2 is 1.82 bits per heavy atom. The van der Waals surface area contributed by atoms with Crippen molar-refractivity contribution in [1.82, 2.24) is 14.1 Å². The molecule has 2 aromatic carbocycles. The zero-order valence-electron chi connectivity index (χ0n) is 20.5. The summed E-state index contributed by atoms with van der Waals surface area (Å²) in [6, 6.07) is 9.22. The van der Waals surface area contributed by atoms with Crippen molar-refractivity contribution in [3.05, 3.63) is 82.9 Å². The number of nitrogens with zero attached hydrogens (tertiary/aromatic N) is 4. The Balaban J connectivity index is 1.39. The summed E-state index contributed by atoms with van der Waals surface area (Å²) < 4.78 is 90.0. The molecule has 40 heavy (non-hydrogen) atoms. The van der Waals surface area contributed by atoms with Crippen molar-refractivity contribution in [3.63, 3.8) is 0 Å². The summed E-state index contributed by atoms with van der Waals surface area (Å²) >= 11 is -0.829. The highest BCUT2D eigenvalue weighted by Gasteiger charge is 2.52. The molecule has 14 heteroatoms. The Bertz CT molecular complexity index is 1670. The average Bonchev–Trinajstić information content (AvgIpc) is 3.61. The van der Waals surface area contributed by atoms with E-state index in [-0.39, 0.29) is 42.5 Å². The quantitative estimate of drug-likeness (QED) is 0.315. The first-order valence-corrected chi connectivity index (χ1v) is 15.6. The third kappa shape index (κ3) is 4.59. The van der Waals surface area contributed by atoms with Gasteiger partial charge in [0.15, 0.2) is 0 Å². The molecule has 3 heterocycles. The van der Waals surface area contributed by atoms with Crippen LogP contribution in [0.15, 0.2) is 70.2 Å². The lowest BCUT2D eigenvalue weighted by atomic mass is 9.65. The molecule has 1 unspecified atom stereocenters. The Hall–Kier alpha value is -2.95. The highest BCUT2D eigenvalue weighted by Crippen LogP contribution is 2.48. The van der Waals surface area contributed by atoms with Crippen LogP contribution in [0.5, 0.6) is 0 Å². The van der Waals surface area contributed by atoms with Gasteiger partial charge in [-0.15, -0.1) is 0 Å². The summed E-state index contributed by atoms with van der Waals surface area (Å²) in [4.78, 5) is 3.93. The normalized spacial score (nSPS) is 21.9. The van der Waals surface area contributed by atoms with Gasteiger partial charge in [-0.25, -0.2) is 22.5 Å². The predicted molar refractivity (Wildman–Crippen MR) is 147 cm³/mol. The van der Waals surface area contributed by atoms with Crippen molar-refractivity contribution < 1.29 is 34.2 Å². The van der Waals surface area contributed by atoms with Gasteiger partial charge in [-0.05, 0) is 73.0 Å². The number of rotatable bonds is 5. The number of aliphatic hydroxyl groups is 1. The first-order chi connectivity index (χ1) is 19.0. The van der Waals surface area contributed by atoms with Crippen LogP contribution in [0.4, 0.5) is 17.6 Å². The van der Waals surface area contributed by atoms with Crippen LogP contribution in [0, 0.1) is 11.2 Å². The second-order valence-electron chi connectivity index (χ2n) is 9.69. The molecule has 1 N–H and O–H groups in total. The Kier molecular flexibility index (Phi) is 6.71. The third-order valence-corrected chi connectivity index (χ3v) is 10.5. The average molecular weight is 688 g/mol. The lowest BCUT2D eigenvalue weighted by Crippen LogP contribution is -2.56. The fourth-order valence-electron chi connectivity index (χ4n) is 5.38. The number of aliphatic imine (C=N–C) groups is 1. The standard InChI is InChI=1S/C26H21F4IN4O4S/c27-19-3-5-20(6-4-19)35-22-11-18-9-10-34(40(37,38)21-7-1-17(2-8-21)26(28,29)30)14-25(18,12-16(22)13-33-35)23(36)24-32-15-31-39-24/h1-8,11,13,15,23,36H,9-10,12,14H2/t23?,25-/m0/s1. The maximum atomic E-state index is 13.6. The molecule has 0 radical (unpaired) electrons. The predicted octanol–water partition coefficient (Wildman–Crippen LogP) is 4.49. The van der Waals surface area contributed by atoms with Gasteiger partial charge in [-0.1, -0.05) is 5.57 Å². The van der Waals surface area contributed by atoms with Crippen molar-refractivity contribution in [3.8, 4) is 5.69 Å². The van der Waals surface area contributed by atoms with E-state index in [1.165, 1.54) is 16.4 Å². The van der Waals surface area contributed by atoms with Crippen LogP contribution in [-0.2, 0) is 25.7 Å². The van der Waals surface area contributed by atoms with Gasteiger partial charge < -0.3 is 8.17 Å². The number of aliphatic hydroxyl groups excluding tert-OH is 1. The number of sulfonamides is 1. The second-order valence-corrected chi connectivity index (χ2v) is 13.1. The molecule has 2 atom stereocenters. The molecule has 1 aliphatic carbocycles. The van der Waals surface area contributed by atoms with Crippen LogP contribution in [0.2, 0.25) is 0 Å². The lowest BCUT2D eigenvalue weighted by Gasteiger charge is -2.48. The fourth-order valence-corrected chi connectivity index (χ4v) is 8.01. The number of hydrogen-bond donors (Lipinski definition) is 1. The molecule has 8 nitrogen and oxygen atoms in total. The van der Waals surface area contributed by atoms with Crippen molar-refractivity contribution in [2.75, 3.05) is 13.1 Å². The topological polar surface area (TPSA) is 97.0 Å². The van der Waals surface area contributed by atoms with E-state index < -0.39 is 54.4 Å². The van der Waals surface area contributed by atoms with E-state index in [1.807, 2.05) is 6.08 Å². The highest BCUT2D eigenvalue weighted by molar-refractivity contribution is 14.2. The molecule has 3 aliphatic rings. The maximum absolute atomic E-state index is 13.6. The summed E-state index contributed by atoms with van der Waals surface area (Å²) in [6.07, 6.45) is -1.92. The number of aromatic nitrogens is 2. The number of halogens is 5. The fraction of sp³-hybridized carbons (Fsp3) is 0.269. The molecule has 1 aromatic heterocycles. The van der Waals surface area contributed by atoms with E-state index in [4.69, 9.17) is 3.07 Å². The molecule has 1 fully saturated rings. The molecular weight excluding hydrogens is 667 g/mol. The molecule has 1 saturated heterocycles. The Morgan fingerprint density at radius 1 is 1.10 bits per heavy atom. The molecule has 3 aromatic rings. The Labute approximate surface area is 236 Å². The van der Waals surface area contributed by atoms with Gasteiger partial charge >= 0.3 is 6.18 Å². The van der Waals surface area contributed by atoms with Crippen LogP contribution in [-0.4, -0.2) is 56.8 Å². The smallest absolute Gasteiger partial charge is 0.416 e. The van der Waals surface area contributed by atoms with Gasteiger partial charge in [0.2, 0.25) is 15.9 Å². The Morgan fingerprint density at radius 3 is 2.48 bits per heavy atom. The first-order valence-electron chi connectivity index (χ1n) is 12.1. The maximum Gasteiger partial charge on any atom is 0.416 e.